The first-order chi connectivity index (χ1) is 8.36. The Balaban J connectivity index is 2.28. The highest BCUT2D eigenvalue weighted by Gasteiger charge is 2.33. The van der Waals surface area contributed by atoms with Crippen LogP contribution >= 0.6 is 0 Å². The molecule has 0 bridgehead atoms. The molecule has 1 aromatic rings. The summed E-state index contributed by atoms with van der Waals surface area (Å²) in [5.41, 5.74) is -0.684. The van der Waals surface area contributed by atoms with E-state index in [1.807, 2.05) is 0 Å². The van der Waals surface area contributed by atoms with Crippen LogP contribution in [0, 0.1) is 0 Å². The van der Waals surface area contributed by atoms with Gasteiger partial charge in [-0.3, -0.25) is 4.79 Å². The predicted octanol–water partition coefficient (Wildman–Crippen LogP) is 3.03. The van der Waals surface area contributed by atoms with Crippen LogP contribution in [0.3, 0.4) is 0 Å². The first-order valence-corrected chi connectivity index (χ1v) is 5.66. The van der Waals surface area contributed by atoms with Crippen molar-refractivity contribution in [3.8, 4) is 5.88 Å². The highest BCUT2D eigenvalue weighted by Crippen LogP contribution is 2.36. The summed E-state index contributed by atoms with van der Waals surface area (Å²) in [4.78, 5) is 14.8. The number of aromatic nitrogens is 1. The number of alkyl halides is 3. The number of carbonyl (C=O) groups is 1. The van der Waals surface area contributed by atoms with Crippen molar-refractivity contribution in [1.29, 1.82) is 0 Å². The van der Waals surface area contributed by atoms with Crippen LogP contribution in [0.15, 0.2) is 12.1 Å². The smallest absolute Gasteiger partial charge is 0.416 e. The van der Waals surface area contributed by atoms with Crippen molar-refractivity contribution in [2.24, 2.45) is 0 Å². The lowest BCUT2D eigenvalue weighted by molar-refractivity contribution is -0.137. The molecule has 1 saturated carbocycles. The van der Waals surface area contributed by atoms with E-state index in [0.29, 0.717) is 31.7 Å². The minimum Gasteiger partial charge on any atom is -0.493 e. The highest BCUT2D eigenvalue weighted by molar-refractivity contribution is 5.79. The van der Waals surface area contributed by atoms with Crippen LogP contribution in [0.25, 0.3) is 0 Å². The molecular weight excluding hydrogens is 247 g/mol. The van der Waals surface area contributed by atoms with Gasteiger partial charge in [0.05, 0.1) is 5.56 Å². The molecule has 0 aromatic carbocycles. The van der Waals surface area contributed by atoms with Gasteiger partial charge in [0.2, 0.25) is 5.88 Å². The topological polar surface area (TPSA) is 50.2 Å². The van der Waals surface area contributed by atoms with Crippen LogP contribution in [0.5, 0.6) is 5.88 Å². The molecular formula is C12H12F3NO2. The Hall–Kier alpha value is -1.59. The molecule has 1 N–H and O–H groups in total. The maximum atomic E-state index is 12.6. The zero-order valence-electron chi connectivity index (χ0n) is 9.50. The molecule has 1 heterocycles. The van der Waals surface area contributed by atoms with Crippen LogP contribution in [-0.2, 0) is 11.0 Å². The molecule has 0 radical (unpaired) electrons. The van der Waals surface area contributed by atoms with E-state index in [-0.39, 0.29) is 17.4 Å². The predicted molar refractivity (Wildman–Crippen MR) is 57.1 cm³/mol. The van der Waals surface area contributed by atoms with E-state index < -0.39 is 17.6 Å². The second kappa shape index (κ2) is 4.59. The Bertz CT molecular complexity index is 461. The molecule has 2 rings (SSSR count). The molecule has 1 fully saturated rings. The summed E-state index contributed by atoms with van der Waals surface area (Å²) < 4.78 is 37.8. The van der Waals surface area contributed by atoms with Crippen LogP contribution in [0.4, 0.5) is 13.2 Å². The van der Waals surface area contributed by atoms with Crippen molar-refractivity contribution in [2.75, 3.05) is 0 Å². The first kappa shape index (κ1) is 12.9. The molecule has 0 saturated heterocycles. The van der Waals surface area contributed by atoms with Crippen LogP contribution in [-0.4, -0.2) is 15.9 Å². The summed E-state index contributed by atoms with van der Waals surface area (Å²) in [5.74, 6) is -0.685. The molecule has 98 valence electrons. The van der Waals surface area contributed by atoms with Gasteiger partial charge in [-0.1, -0.05) is 0 Å². The number of nitrogens with zero attached hydrogens (tertiary/aromatic N) is 1. The number of hydrogen-bond donors (Lipinski definition) is 1. The summed E-state index contributed by atoms with van der Waals surface area (Å²) in [6.07, 6.45) is -2.79. The number of aromatic hydroxyl groups is 1. The quantitative estimate of drug-likeness (QED) is 0.843. The van der Waals surface area contributed by atoms with Gasteiger partial charge in [0.25, 0.3) is 0 Å². The van der Waals surface area contributed by atoms with Gasteiger partial charge in [-0.05, 0) is 18.9 Å². The van der Waals surface area contributed by atoms with Crippen molar-refractivity contribution in [2.45, 2.75) is 37.8 Å². The van der Waals surface area contributed by atoms with E-state index in [4.69, 9.17) is 0 Å². The second-order valence-corrected chi connectivity index (χ2v) is 4.45. The van der Waals surface area contributed by atoms with Crippen molar-refractivity contribution in [3.63, 3.8) is 0 Å². The summed E-state index contributed by atoms with van der Waals surface area (Å²) in [6.45, 7) is 0. The standard InChI is InChI=1S/C12H12F3NO2/c13-12(14,15)8-5-10(16-11(18)6-8)7-1-3-9(17)4-2-7/h5-7H,1-4H2,(H,16,18). The fourth-order valence-corrected chi connectivity index (χ4v) is 2.15. The fraction of sp³-hybridized carbons (Fsp3) is 0.500. The third kappa shape index (κ3) is 2.80. The maximum Gasteiger partial charge on any atom is 0.416 e. The average Bonchev–Trinajstić information content (AvgIpc) is 2.28. The summed E-state index contributed by atoms with van der Waals surface area (Å²) >= 11 is 0. The lowest BCUT2D eigenvalue weighted by Crippen LogP contribution is -2.15. The Labute approximate surface area is 102 Å². The molecule has 0 amide bonds. The second-order valence-electron chi connectivity index (χ2n) is 4.45. The monoisotopic (exact) mass is 259 g/mol. The lowest BCUT2D eigenvalue weighted by atomic mass is 9.85. The lowest BCUT2D eigenvalue weighted by Gasteiger charge is -2.21. The van der Waals surface area contributed by atoms with E-state index in [0.717, 1.165) is 6.07 Å². The number of Topliss-reactive ketones (excluding diaryl/α,β-unsaturated/α-hetero) is 1. The van der Waals surface area contributed by atoms with Crippen LogP contribution < -0.4 is 0 Å². The van der Waals surface area contributed by atoms with Crippen molar-refractivity contribution < 1.29 is 23.1 Å². The molecule has 0 atom stereocenters. The Morgan fingerprint density at radius 2 is 1.83 bits per heavy atom. The molecule has 18 heavy (non-hydrogen) atoms. The first-order valence-electron chi connectivity index (χ1n) is 5.66. The number of ketones is 1. The molecule has 6 heteroatoms. The molecule has 0 unspecified atom stereocenters. The van der Waals surface area contributed by atoms with Gasteiger partial charge in [0.1, 0.15) is 5.78 Å². The van der Waals surface area contributed by atoms with Gasteiger partial charge in [0, 0.05) is 30.5 Å². The Kier molecular flexibility index (Phi) is 3.28. The SMILES string of the molecule is O=C1CCC(c2cc(C(F)(F)F)cc(O)n2)CC1. The summed E-state index contributed by atoms with van der Waals surface area (Å²) in [6, 6.07) is 1.57. The largest absolute Gasteiger partial charge is 0.493 e. The van der Waals surface area contributed by atoms with Crippen LogP contribution in [0.1, 0.15) is 42.9 Å². The number of halogens is 3. The zero-order chi connectivity index (χ0) is 13.3. The normalized spacial score (nSPS) is 18.1. The third-order valence-electron chi connectivity index (χ3n) is 3.12. The van der Waals surface area contributed by atoms with Gasteiger partial charge in [-0.25, -0.2) is 4.98 Å². The number of rotatable bonds is 1. The number of pyridine rings is 1. The van der Waals surface area contributed by atoms with E-state index in [9.17, 15) is 23.1 Å². The van der Waals surface area contributed by atoms with Gasteiger partial charge in [0.15, 0.2) is 0 Å². The van der Waals surface area contributed by atoms with Crippen molar-refractivity contribution >= 4 is 5.78 Å². The minimum atomic E-state index is -4.50. The fourth-order valence-electron chi connectivity index (χ4n) is 2.15. The van der Waals surface area contributed by atoms with E-state index in [1.54, 1.807) is 0 Å². The number of carbonyl (C=O) groups excluding carboxylic acids is 1. The van der Waals surface area contributed by atoms with Gasteiger partial charge in [-0.2, -0.15) is 13.2 Å². The Morgan fingerprint density at radius 3 is 2.39 bits per heavy atom. The third-order valence-corrected chi connectivity index (χ3v) is 3.12. The van der Waals surface area contributed by atoms with E-state index in [1.165, 1.54) is 0 Å². The van der Waals surface area contributed by atoms with Gasteiger partial charge >= 0.3 is 6.18 Å². The Morgan fingerprint density at radius 1 is 1.22 bits per heavy atom. The van der Waals surface area contributed by atoms with E-state index >= 15 is 0 Å². The maximum absolute atomic E-state index is 12.6. The van der Waals surface area contributed by atoms with E-state index in [2.05, 4.69) is 4.98 Å². The average molecular weight is 259 g/mol. The number of hydrogen-bond acceptors (Lipinski definition) is 3. The minimum absolute atomic E-state index is 0.127. The summed E-state index contributed by atoms with van der Waals surface area (Å²) in [5, 5.41) is 9.26. The summed E-state index contributed by atoms with van der Waals surface area (Å²) in [7, 11) is 0. The molecule has 0 aliphatic heterocycles. The molecule has 1 aromatic heterocycles. The molecule has 0 spiro atoms. The van der Waals surface area contributed by atoms with Crippen LogP contribution in [0.2, 0.25) is 0 Å². The van der Waals surface area contributed by atoms with Crippen molar-refractivity contribution in [3.05, 3.63) is 23.4 Å². The molecule has 1 aliphatic carbocycles. The van der Waals surface area contributed by atoms with Gasteiger partial charge in [-0.15, -0.1) is 0 Å². The molecule has 1 aliphatic rings. The van der Waals surface area contributed by atoms with Gasteiger partial charge < -0.3 is 5.11 Å². The zero-order valence-corrected chi connectivity index (χ0v) is 9.50. The molecule has 3 nitrogen and oxygen atoms in total. The van der Waals surface area contributed by atoms with Crippen molar-refractivity contribution in [1.82, 2.24) is 4.98 Å². The highest BCUT2D eigenvalue weighted by atomic mass is 19.4.